The van der Waals surface area contributed by atoms with Crippen LogP contribution in [0.1, 0.15) is 12.0 Å². The molecule has 1 heterocycles. The number of carbonyl (C=O) groups excluding carboxylic acids is 1. The fraction of sp³-hybridized carbons (Fsp3) is 0.316. The number of aldehydes is 1. The molecule has 0 aliphatic carbocycles. The van der Waals surface area contributed by atoms with Crippen molar-refractivity contribution >= 4 is 33.6 Å². The minimum atomic E-state index is -0.437. The van der Waals surface area contributed by atoms with Crippen LogP contribution in [0.2, 0.25) is 0 Å². The van der Waals surface area contributed by atoms with Gasteiger partial charge in [-0.2, -0.15) is 0 Å². The molecule has 0 amide bonds. The zero-order valence-corrected chi connectivity index (χ0v) is 15.1. The van der Waals surface area contributed by atoms with Gasteiger partial charge in [-0.05, 0) is 42.3 Å². The largest absolute Gasteiger partial charge is 0.374 e. The summed E-state index contributed by atoms with van der Waals surface area (Å²) in [5.74, 6) is 0. The lowest BCUT2D eigenvalue weighted by Crippen LogP contribution is -2.48. The molecular formula is C19H21BrN2O. The van der Waals surface area contributed by atoms with Gasteiger partial charge in [-0.1, -0.05) is 34.1 Å². The Morgan fingerprint density at radius 3 is 2.57 bits per heavy atom. The Labute approximate surface area is 146 Å². The third-order valence-corrected chi connectivity index (χ3v) is 5.41. The molecule has 0 N–H and O–H groups in total. The van der Waals surface area contributed by atoms with E-state index in [9.17, 15) is 4.79 Å². The van der Waals surface area contributed by atoms with E-state index >= 15 is 0 Å². The quantitative estimate of drug-likeness (QED) is 0.743. The molecule has 3 nitrogen and oxygen atoms in total. The minimum absolute atomic E-state index is 0.437. The highest BCUT2D eigenvalue weighted by Gasteiger charge is 2.41. The molecule has 0 saturated carbocycles. The fourth-order valence-electron chi connectivity index (χ4n) is 3.30. The summed E-state index contributed by atoms with van der Waals surface area (Å²) in [6.07, 6.45) is 2.72. The second kappa shape index (κ2) is 6.36. The summed E-state index contributed by atoms with van der Waals surface area (Å²) in [4.78, 5) is 16.3. The highest BCUT2D eigenvalue weighted by atomic mass is 79.9. The lowest BCUT2D eigenvalue weighted by molar-refractivity contribution is -0.112. The van der Waals surface area contributed by atoms with E-state index in [1.54, 1.807) is 0 Å². The van der Waals surface area contributed by atoms with Gasteiger partial charge in [-0.15, -0.1) is 0 Å². The first kappa shape index (κ1) is 16.1. The van der Waals surface area contributed by atoms with Crippen LogP contribution in [-0.4, -0.2) is 32.5 Å². The van der Waals surface area contributed by atoms with E-state index in [4.69, 9.17) is 0 Å². The van der Waals surface area contributed by atoms with Crippen molar-refractivity contribution in [2.45, 2.75) is 18.4 Å². The maximum atomic E-state index is 11.9. The lowest BCUT2D eigenvalue weighted by atomic mass is 9.92. The highest BCUT2D eigenvalue weighted by molar-refractivity contribution is 9.10. The van der Waals surface area contributed by atoms with Gasteiger partial charge in [0, 0.05) is 42.9 Å². The van der Waals surface area contributed by atoms with Crippen molar-refractivity contribution in [3.63, 3.8) is 0 Å². The second-order valence-electron chi connectivity index (χ2n) is 6.23. The molecule has 2 aromatic carbocycles. The van der Waals surface area contributed by atoms with Crippen LogP contribution in [0.5, 0.6) is 0 Å². The first-order valence-electron chi connectivity index (χ1n) is 7.80. The number of fused-ring (bicyclic) bond motifs is 1. The summed E-state index contributed by atoms with van der Waals surface area (Å²) in [5.41, 5.74) is 3.15. The number of para-hydroxylation sites is 1. The van der Waals surface area contributed by atoms with Crippen molar-refractivity contribution in [1.29, 1.82) is 0 Å². The molecule has 0 spiro atoms. The molecule has 3 rings (SSSR count). The first-order valence-corrected chi connectivity index (χ1v) is 8.60. The van der Waals surface area contributed by atoms with E-state index in [1.807, 2.05) is 31.3 Å². The summed E-state index contributed by atoms with van der Waals surface area (Å²) < 4.78 is 1.07. The number of halogens is 1. The summed E-state index contributed by atoms with van der Waals surface area (Å²) in [6.45, 7) is 0.832. The summed E-state index contributed by atoms with van der Waals surface area (Å²) in [5, 5.41) is 0. The average Bonchev–Trinajstić information content (AvgIpc) is 2.86. The van der Waals surface area contributed by atoms with Gasteiger partial charge in [-0.3, -0.25) is 0 Å². The second-order valence-corrected chi connectivity index (χ2v) is 7.15. The van der Waals surface area contributed by atoms with Crippen molar-refractivity contribution in [3.05, 3.63) is 58.6 Å². The van der Waals surface area contributed by atoms with Crippen LogP contribution in [-0.2, 0) is 11.2 Å². The number of rotatable bonds is 5. The van der Waals surface area contributed by atoms with Crippen molar-refractivity contribution in [1.82, 2.24) is 0 Å². The number of benzene rings is 2. The van der Waals surface area contributed by atoms with Crippen LogP contribution >= 0.6 is 15.9 Å². The summed E-state index contributed by atoms with van der Waals surface area (Å²) in [7, 11) is 4.10. The highest BCUT2D eigenvalue weighted by Crippen LogP contribution is 2.38. The van der Waals surface area contributed by atoms with Gasteiger partial charge in [0.15, 0.2) is 0 Å². The van der Waals surface area contributed by atoms with E-state index in [0.29, 0.717) is 0 Å². The lowest BCUT2D eigenvalue weighted by Gasteiger charge is -2.34. The molecule has 120 valence electrons. The molecule has 0 bridgehead atoms. The van der Waals surface area contributed by atoms with Gasteiger partial charge in [0.25, 0.3) is 0 Å². The zero-order valence-electron chi connectivity index (χ0n) is 13.5. The Morgan fingerprint density at radius 2 is 1.91 bits per heavy atom. The van der Waals surface area contributed by atoms with Crippen LogP contribution in [0.3, 0.4) is 0 Å². The smallest absolute Gasteiger partial charge is 0.145 e. The van der Waals surface area contributed by atoms with Crippen molar-refractivity contribution in [3.8, 4) is 0 Å². The Balaban J connectivity index is 1.74. The number of anilines is 2. The molecule has 23 heavy (non-hydrogen) atoms. The van der Waals surface area contributed by atoms with Crippen molar-refractivity contribution < 1.29 is 4.79 Å². The predicted molar refractivity (Wildman–Crippen MR) is 99.4 cm³/mol. The van der Waals surface area contributed by atoms with E-state index in [2.05, 4.69) is 57.0 Å². The molecule has 4 heteroatoms. The SMILES string of the molecule is CN(CCC1(C=O)Cc2ccccc2N1C)c1ccc(Br)cc1. The number of carbonyl (C=O) groups is 1. The number of hydrogen-bond acceptors (Lipinski definition) is 3. The average molecular weight is 373 g/mol. The van der Waals surface area contributed by atoms with E-state index in [-0.39, 0.29) is 0 Å². The van der Waals surface area contributed by atoms with Crippen LogP contribution in [0.25, 0.3) is 0 Å². The third-order valence-electron chi connectivity index (χ3n) is 4.88. The normalized spacial score (nSPS) is 19.5. The van der Waals surface area contributed by atoms with Gasteiger partial charge in [0.1, 0.15) is 11.8 Å². The zero-order chi connectivity index (χ0) is 16.4. The third kappa shape index (κ3) is 3.00. The van der Waals surface area contributed by atoms with Crippen LogP contribution < -0.4 is 9.80 Å². The molecule has 0 saturated heterocycles. The molecule has 1 aliphatic heterocycles. The molecule has 1 aliphatic rings. The number of nitrogens with zero attached hydrogens (tertiary/aromatic N) is 2. The minimum Gasteiger partial charge on any atom is -0.374 e. The molecular weight excluding hydrogens is 352 g/mol. The Morgan fingerprint density at radius 1 is 1.22 bits per heavy atom. The number of likely N-dealkylation sites (N-methyl/N-ethyl adjacent to an activating group) is 1. The van der Waals surface area contributed by atoms with Crippen LogP contribution in [0.4, 0.5) is 11.4 Å². The standard InChI is InChI=1S/C19H21BrN2O/c1-21(17-9-7-16(20)8-10-17)12-11-19(14-23)13-15-5-3-4-6-18(15)22(19)2/h3-10,14H,11-13H2,1-2H3. The topological polar surface area (TPSA) is 23.6 Å². The molecule has 0 aromatic heterocycles. The van der Waals surface area contributed by atoms with Gasteiger partial charge < -0.3 is 14.6 Å². The van der Waals surface area contributed by atoms with Gasteiger partial charge >= 0.3 is 0 Å². The van der Waals surface area contributed by atoms with E-state index in [0.717, 1.165) is 35.8 Å². The van der Waals surface area contributed by atoms with E-state index < -0.39 is 5.54 Å². The Hall–Kier alpha value is -1.81. The van der Waals surface area contributed by atoms with Crippen LogP contribution in [0.15, 0.2) is 53.0 Å². The first-order chi connectivity index (χ1) is 11.1. The van der Waals surface area contributed by atoms with Gasteiger partial charge in [0.2, 0.25) is 0 Å². The summed E-state index contributed by atoms with van der Waals surface area (Å²) in [6, 6.07) is 16.5. The Kier molecular flexibility index (Phi) is 4.44. The molecule has 0 fully saturated rings. The Bertz CT molecular complexity index is 701. The molecule has 1 atom stereocenters. The molecule has 1 unspecified atom stereocenters. The van der Waals surface area contributed by atoms with E-state index in [1.165, 1.54) is 11.3 Å². The fourth-order valence-corrected chi connectivity index (χ4v) is 3.56. The monoisotopic (exact) mass is 372 g/mol. The van der Waals surface area contributed by atoms with Gasteiger partial charge in [0.05, 0.1) is 0 Å². The van der Waals surface area contributed by atoms with Crippen LogP contribution in [0, 0.1) is 0 Å². The molecule has 2 aromatic rings. The predicted octanol–water partition coefficient (Wildman–Crippen LogP) is 3.91. The van der Waals surface area contributed by atoms with Crippen molar-refractivity contribution in [2.75, 3.05) is 30.4 Å². The van der Waals surface area contributed by atoms with Gasteiger partial charge in [-0.25, -0.2) is 0 Å². The molecule has 0 radical (unpaired) electrons. The van der Waals surface area contributed by atoms with Crippen molar-refractivity contribution in [2.24, 2.45) is 0 Å². The number of hydrogen-bond donors (Lipinski definition) is 0. The maximum Gasteiger partial charge on any atom is 0.145 e. The maximum absolute atomic E-state index is 11.9. The summed E-state index contributed by atoms with van der Waals surface area (Å²) >= 11 is 3.46.